The zero-order valence-electron chi connectivity index (χ0n) is 32.9. The Bertz CT molecular complexity index is 555. The van der Waals surface area contributed by atoms with E-state index in [0.29, 0.717) is 10.5 Å². The Balaban J connectivity index is 6.28. The Hall–Kier alpha value is 2.18. The fourth-order valence-corrected chi connectivity index (χ4v) is 48.2. The van der Waals surface area contributed by atoms with Crippen LogP contribution in [0.2, 0.25) is 17.7 Å². The summed E-state index contributed by atoms with van der Waals surface area (Å²) in [5.41, 5.74) is 0. The molecule has 284 valence electrons. The molecule has 0 aromatic heterocycles. The first-order chi connectivity index (χ1) is 22.8. The van der Waals surface area contributed by atoms with Gasteiger partial charge in [-0.3, -0.25) is 0 Å². The average Bonchev–Trinajstić information content (AvgIpc) is 3.03. The van der Waals surface area contributed by atoms with Crippen molar-refractivity contribution in [3.05, 3.63) is 0 Å². The van der Waals surface area contributed by atoms with Gasteiger partial charge in [-0.15, -0.1) is 0 Å². The van der Waals surface area contributed by atoms with Crippen molar-refractivity contribution < 1.29 is 7.56 Å². The Morgan fingerprint density at radius 1 is 0.383 bits per heavy atom. The van der Waals surface area contributed by atoms with Gasteiger partial charge in [0.1, 0.15) is 0 Å². The van der Waals surface area contributed by atoms with Gasteiger partial charge in [0.05, 0.1) is 0 Å². The van der Waals surface area contributed by atoms with E-state index in [9.17, 15) is 0 Å². The van der Waals surface area contributed by atoms with Crippen LogP contribution in [0.5, 0.6) is 0 Å². The quantitative estimate of drug-likeness (QED) is 0.0367. The normalized spacial score (nSPS) is 13.8. The fraction of sp³-hybridized carbons (Fsp3) is 1.00. The molecule has 0 amide bonds. The van der Waals surface area contributed by atoms with Crippen LogP contribution in [0.4, 0.5) is 0 Å². The summed E-state index contributed by atoms with van der Waals surface area (Å²) in [5.74, 6) is 0. The van der Waals surface area contributed by atoms with Gasteiger partial charge in [-0.1, -0.05) is 0 Å². The third-order valence-electron chi connectivity index (χ3n) is 9.82. The van der Waals surface area contributed by atoms with E-state index in [4.69, 9.17) is 32.8 Å². The first kappa shape index (κ1) is 49.2. The molecule has 0 aromatic rings. The minimum absolute atomic E-state index is 0.370. The molecule has 2 unspecified atom stereocenters. The summed E-state index contributed by atoms with van der Waals surface area (Å²) in [6.07, 6.45) is 34.2. The maximum atomic E-state index is 8.03. The monoisotopic (exact) mass is 918 g/mol. The molecule has 0 saturated heterocycles. The van der Waals surface area contributed by atoms with E-state index in [1.54, 1.807) is 0 Å². The molecular weight excluding hydrogens is 830 g/mol. The van der Waals surface area contributed by atoms with Crippen molar-refractivity contribution in [3.63, 3.8) is 0 Å². The average molecular weight is 917 g/mol. The Labute approximate surface area is 318 Å². The SMILES string of the molecule is CCCCCCC[CH2][Sn]([CH2]CCCCCCC)([O]CCC(C)S)[O][Sn]([CH2]CCCCCCC)([CH2]CCCCCCC)[O]CCC(C)S. The molecule has 0 radical (unpaired) electrons. The molecule has 47 heavy (non-hydrogen) atoms. The first-order valence-corrected chi connectivity index (χ1v) is 34.9. The van der Waals surface area contributed by atoms with Crippen molar-refractivity contribution in [1.29, 1.82) is 0 Å². The molecule has 0 aliphatic carbocycles. The van der Waals surface area contributed by atoms with Crippen LogP contribution in [0.1, 0.15) is 208 Å². The summed E-state index contributed by atoms with van der Waals surface area (Å²) in [6, 6.07) is 0. The van der Waals surface area contributed by atoms with E-state index in [2.05, 4.69) is 41.5 Å². The molecule has 7 heteroatoms. The topological polar surface area (TPSA) is 27.7 Å². The number of rotatable bonds is 38. The van der Waals surface area contributed by atoms with Gasteiger partial charge in [0.2, 0.25) is 0 Å². The molecule has 2 atom stereocenters. The molecule has 0 heterocycles. The van der Waals surface area contributed by atoms with Crippen molar-refractivity contribution in [1.82, 2.24) is 0 Å². The maximum absolute atomic E-state index is 8.03. The van der Waals surface area contributed by atoms with E-state index in [1.807, 2.05) is 0 Å². The number of hydrogen-bond donors (Lipinski definition) is 2. The van der Waals surface area contributed by atoms with Gasteiger partial charge in [0, 0.05) is 0 Å². The van der Waals surface area contributed by atoms with Gasteiger partial charge in [-0.2, -0.15) is 0 Å². The van der Waals surface area contributed by atoms with Crippen LogP contribution < -0.4 is 0 Å². The molecule has 3 nitrogen and oxygen atoms in total. The molecular formula is C40H86O3S2Sn2. The molecule has 0 fully saturated rings. The van der Waals surface area contributed by atoms with Crippen molar-refractivity contribution in [2.75, 3.05) is 13.2 Å². The third kappa shape index (κ3) is 30.4. The summed E-state index contributed by atoms with van der Waals surface area (Å²) in [5, 5.41) is 0.740. The van der Waals surface area contributed by atoms with Gasteiger partial charge >= 0.3 is 321 Å². The van der Waals surface area contributed by atoms with E-state index in [-0.39, 0.29) is 0 Å². The molecule has 0 aliphatic heterocycles. The predicted molar refractivity (Wildman–Crippen MR) is 223 cm³/mol. The summed E-state index contributed by atoms with van der Waals surface area (Å²) in [7, 11) is 0. The first-order valence-electron chi connectivity index (χ1n) is 21.1. The van der Waals surface area contributed by atoms with E-state index in [0.717, 1.165) is 26.1 Å². The van der Waals surface area contributed by atoms with Crippen molar-refractivity contribution >= 4 is 63.7 Å². The molecule has 0 spiro atoms. The zero-order valence-corrected chi connectivity index (χ0v) is 40.4. The van der Waals surface area contributed by atoms with Crippen LogP contribution in [-0.4, -0.2) is 62.1 Å². The minimum atomic E-state index is -3.46. The molecule has 0 rings (SSSR count). The third-order valence-corrected chi connectivity index (χ3v) is 43.6. The summed E-state index contributed by atoms with van der Waals surface area (Å²) in [6.45, 7) is 15.4. The number of thiol groups is 2. The molecule has 0 aliphatic rings. The second-order valence-electron chi connectivity index (χ2n) is 15.0. The van der Waals surface area contributed by atoms with Gasteiger partial charge in [0.25, 0.3) is 0 Å². The summed E-state index contributed by atoms with van der Waals surface area (Å²) < 4.78 is 27.5. The van der Waals surface area contributed by atoms with Crippen LogP contribution in [0.3, 0.4) is 0 Å². The zero-order chi connectivity index (χ0) is 34.9. The Kier molecular flexibility index (Phi) is 36.9. The van der Waals surface area contributed by atoms with E-state index >= 15 is 0 Å². The van der Waals surface area contributed by atoms with Crippen LogP contribution >= 0.6 is 25.3 Å². The van der Waals surface area contributed by atoms with Crippen LogP contribution in [0.15, 0.2) is 0 Å². The predicted octanol–water partition coefficient (Wildman–Crippen LogP) is 14.8. The van der Waals surface area contributed by atoms with Crippen molar-refractivity contribution in [2.24, 2.45) is 0 Å². The molecule has 0 saturated carbocycles. The van der Waals surface area contributed by atoms with Gasteiger partial charge in [0.15, 0.2) is 0 Å². The summed E-state index contributed by atoms with van der Waals surface area (Å²) in [4.78, 5) is 0. The van der Waals surface area contributed by atoms with Crippen molar-refractivity contribution in [3.8, 4) is 0 Å². The van der Waals surface area contributed by atoms with Gasteiger partial charge < -0.3 is 0 Å². The second-order valence-corrected chi connectivity index (χ2v) is 39.0. The Morgan fingerprint density at radius 3 is 0.851 bits per heavy atom. The van der Waals surface area contributed by atoms with Gasteiger partial charge in [-0.25, -0.2) is 0 Å². The molecule has 0 aromatic carbocycles. The van der Waals surface area contributed by atoms with Crippen LogP contribution in [-0.2, 0) is 7.56 Å². The van der Waals surface area contributed by atoms with E-state index in [1.165, 1.54) is 172 Å². The van der Waals surface area contributed by atoms with Crippen LogP contribution in [0, 0.1) is 0 Å². The molecule has 0 bridgehead atoms. The summed E-state index contributed by atoms with van der Waals surface area (Å²) >= 11 is 2.59. The standard InChI is InChI=1S/4C8H17.2C4H9OS.O.2Sn/c4*1-3-5-7-8-6-4-2;2*1-4(6)2-3-5;;;/h4*1,3-8H2,2H3;2*4,6H,2-3H2,1H3;;;/q;;;;2*-1;;2*+1. The van der Waals surface area contributed by atoms with Crippen LogP contribution in [0.25, 0.3) is 0 Å². The number of hydrogen-bond acceptors (Lipinski definition) is 5. The Morgan fingerprint density at radius 2 is 0.617 bits per heavy atom. The van der Waals surface area contributed by atoms with E-state index < -0.39 is 38.4 Å². The second kappa shape index (κ2) is 35.2. The fourth-order valence-electron chi connectivity index (χ4n) is 6.67. The molecule has 0 N–H and O–H groups in total. The number of unbranched alkanes of at least 4 members (excludes halogenated alkanes) is 20. The van der Waals surface area contributed by atoms with Crippen molar-refractivity contribution in [2.45, 2.75) is 237 Å². The van der Waals surface area contributed by atoms with Gasteiger partial charge in [-0.05, 0) is 0 Å².